The zero-order valence-corrected chi connectivity index (χ0v) is 15.1. The highest BCUT2D eigenvalue weighted by Crippen LogP contribution is 2.18. The second-order valence-corrected chi connectivity index (χ2v) is 6.56. The van der Waals surface area contributed by atoms with Crippen LogP contribution in [0.1, 0.15) is 17.8 Å². The first-order chi connectivity index (χ1) is 13.3. The third-order valence-electron chi connectivity index (χ3n) is 4.68. The molecule has 0 spiro atoms. The van der Waals surface area contributed by atoms with Crippen LogP contribution in [0.4, 0.5) is 5.82 Å². The van der Waals surface area contributed by atoms with E-state index in [9.17, 15) is 4.79 Å². The lowest BCUT2D eigenvalue weighted by atomic mass is 10.2. The molecule has 1 aliphatic rings. The Labute approximate surface area is 157 Å². The minimum Gasteiger partial charge on any atom is -0.378 e. The fraction of sp³-hybridized carbons (Fsp3) is 0.350. The molecule has 0 unspecified atom stereocenters. The van der Waals surface area contributed by atoms with Crippen molar-refractivity contribution in [1.82, 2.24) is 20.3 Å². The van der Waals surface area contributed by atoms with Crippen LogP contribution in [0.5, 0.6) is 0 Å². The first-order valence-corrected chi connectivity index (χ1v) is 9.26. The average molecular weight is 365 g/mol. The molecule has 3 heterocycles. The number of imidazole rings is 1. The Morgan fingerprint density at radius 3 is 2.89 bits per heavy atom. The largest absolute Gasteiger partial charge is 0.378 e. The van der Waals surface area contributed by atoms with Gasteiger partial charge in [-0.2, -0.15) is 0 Å². The average Bonchev–Trinajstić information content (AvgIpc) is 3.15. The van der Waals surface area contributed by atoms with Crippen molar-refractivity contribution in [3.8, 4) is 0 Å². The van der Waals surface area contributed by atoms with E-state index in [1.54, 1.807) is 6.20 Å². The van der Waals surface area contributed by atoms with Crippen molar-refractivity contribution < 1.29 is 9.53 Å². The normalized spacial score (nSPS) is 14.4. The van der Waals surface area contributed by atoms with Gasteiger partial charge in [0.15, 0.2) is 0 Å². The van der Waals surface area contributed by atoms with Crippen LogP contribution in [0.3, 0.4) is 0 Å². The van der Waals surface area contributed by atoms with E-state index in [1.165, 1.54) is 0 Å². The maximum absolute atomic E-state index is 12.3. The molecule has 0 atom stereocenters. The number of aromatic amines is 1. The summed E-state index contributed by atoms with van der Waals surface area (Å²) < 4.78 is 5.41. The van der Waals surface area contributed by atoms with Gasteiger partial charge in [-0.1, -0.05) is 18.2 Å². The summed E-state index contributed by atoms with van der Waals surface area (Å²) in [4.78, 5) is 26.8. The first kappa shape index (κ1) is 17.5. The third kappa shape index (κ3) is 4.25. The van der Waals surface area contributed by atoms with Crippen molar-refractivity contribution in [3.63, 3.8) is 0 Å². The van der Waals surface area contributed by atoms with E-state index in [2.05, 4.69) is 25.2 Å². The number of ether oxygens (including phenoxy) is 1. The number of aromatic nitrogens is 3. The highest BCUT2D eigenvalue weighted by atomic mass is 16.5. The standard InChI is InChI=1S/C20H23N5O2/c26-19(8-7-18-23-16-5-1-2-6-17(16)24-18)22-14-15-4-3-9-21-20(15)25-10-12-27-13-11-25/h1-6,9H,7-8,10-14H2,(H,22,26)(H,23,24). The topological polar surface area (TPSA) is 83.1 Å². The molecule has 1 saturated heterocycles. The summed E-state index contributed by atoms with van der Waals surface area (Å²) in [6.45, 7) is 3.53. The zero-order chi connectivity index (χ0) is 18.5. The molecule has 2 aromatic heterocycles. The highest BCUT2D eigenvalue weighted by Gasteiger charge is 2.16. The molecule has 7 nitrogen and oxygen atoms in total. The second-order valence-electron chi connectivity index (χ2n) is 6.56. The number of amides is 1. The van der Waals surface area contributed by atoms with Crippen molar-refractivity contribution >= 4 is 22.8 Å². The zero-order valence-electron chi connectivity index (χ0n) is 15.1. The van der Waals surface area contributed by atoms with Gasteiger partial charge in [-0.3, -0.25) is 4.79 Å². The number of carbonyl (C=O) groups excluding carboxylic acids is 1. The molecular formula is C20H23N5O2. The number of morpholine rings is 1. The monoisotopic (exact) mass is 365 g/mol. The van der Waals surface area contributed by atoms with E-state index < -0.39 is 0 Å². The van der Waals surface area contributed by atoms with E-state index in [4.69, 9.17) is 4.74 Å². The van der Waals surface area contributed by atoms with Gasteiger partial charge in [-0.05, 0) is 18.2 Å². The van der Waals surface area contributed by atoms with E-state index in [1.807, 2.05) is 36.4 Å². The SMILES string of the molecule is O=C(CCc1nc2ccccc2[nH]1)NCc1cccnc1N1CCOCC1. The Hall–Kier alpha value is -2.93. The maximum atomic E-state index is 12.3. The number of aryl methyl sites for hydroxylation is 1. The van der Waals surface area contributed by atoms with E-state index in [-0.39, 0.29) is 5.91 Å². The number of hydrogen-bond donors (Lipinski definition) is 2. The lowest BCUT2D eigenvalue weighted by Crippen LogP contribution is -2.37. The van der Waals surface area contributed by atoms with Crippen LogP contribution in [0, 0.1) is 0 Å². The maximum Gasteiger partial charge on any atom is 0.220 e. The summed E-state index contributed by atoms with van der Waals surface area (Å²) in [7, 11) is 0. The third-order valence-corrected chi connectivity index (χ3v) is 4.68. The van der Waals surface area contributed by atoms with Gasteiger partial charge < -0.3 is 19.9 Å². The molecule has 140 valence electrons. The second kappa shape index (κ2) is 8.18. The minimum atomic E-state index is 0.00670. The molecule has 27 heavy (non-hydrogen) atoms. The van der Waals surface area contributed by atoms with Gasteiger partial charge in [-0.25, -0.2) is 9.97 Å². The Bertz CT molecular complexity index is 884. The van der Waals surface area contributed by atoms with Crippen molar-refractivity contribution in [2.75, 3.05) is 31.2 Å². The van der Waals surface area contributed by atoms with Crippen LogP contribution >= 0.6 is 0 Å². The van der Waals surface area contributed by atoms with Gasteiger partial charge in [0, 0.05) is 44.2 Å². The quantitative estimate of drug-likeness (QED) is 0.698. The Balaban J connectivity index is 1.32. The Morgan fingerprint density at radius 1 is 1.19 bits per heavy atom. The molecule has 4 rings (SSSR count). The number of pyridine rings is 1. The first-order valence-electron chi connectivity index (χ1n) is 9.26. The minimum absolute atomic E-state index is 0.00670. The van der Waals surface area contributed by atoms with Crippen LogP contribution in [0.15, 0.2) is 42.6 Å². The number of para-hydroxylation sites is 2. The summed E-state index contributed by atoms with van der Waals surface area (Å²) in [6, 6.07) is 11.8. The lowest BCUT2D eigenvalue weighted by Gasteiger charge is -2.29. The molecule has 1 amide bonds. The molecule has 2 N–H and O–H groups in total. The van der Waals surface area contributed by atoms with Crippen molar-refractivity contribution in [1.29, 1.82) is 0 Å². The van der Waals surface area contributed by atoms with Gasteiger partial charge in [0.05, 0.1) is 24.2 Å². The van der Waals surface area contributed by atoms with Gasteiger partial charge in [0.1, 0.15) is 11.6 Å². The van der Waals surface area contributed by atoms with Crippen LogP contribution in [-0.2, 0) is 22.5 Å². The van der Waals surface area contributed by atoms with Gasteiger partial charge in [0.25, 0.3) is 0 Å². The van der Waals surface area contributed by atoms with E-state index >= 15 is 0 Å². The summed E-state index contributed by atoms with van der Waals surface area (Å²) in [5.41, 5.74) is 2.95. The van der Waals surface area contributed by atoms with Gasteiger partial charge in [0.2, 0.25) is 5.91 Å². The molecule has 1 aliphatic heterocycles. The molecule has 3 aromatic rings. The van der Waals surface area contributed by atoms with Crippen molar-refractivity contribution in [2.24, 2.45) is 0 Å². The molecule has 1 aromatic carbocycles. The number of nitrogens with one attached hydrogen (secondary N) is 2. The Morgan fingerprint density at radius 2 is 2.04 bits per heavy atom. The molecule has 0 saturated carbocycles. The number of H-pyrrole nitrogens is 1. The summed E-state index contributed by atoms with van der Waals surface area (Å²) >= 11 is 0. The molecule has 0 radical (unpaired) electrons. The van der Waals surface area contributed by atoms with Crippen LogP contribution in [0.2, 0.25) is 0 Å². The van der Waals surface area contributed by atoms with Gasteiger partial charge in [-0.15, -0.1) is 0 Å². The lowest BCUT2D eigenvalue weighted by molar-refractivity contribution is -0.121. The summed E-state index contributed by atoms with van der Waals surface area (Å²) in [6.07, 6.45) is 2.77. The molecule has 0 aliphatic carbocycles. The summed E-state index contributed by atoms with van der Waals surface area (Å²) in [5.74, 6) is 1.77. The number of fused-ring (bicyclic) bond motifs is 1. The molecule has 1 fully saturated rings. The van der Waals surface area contributed by atoms with Gasteiger partial charge >= 0.3 is 0 Å². The van der Waals surface area contributed by atoms with Crippen molar-refractivity contribution in [2.45, 2.75) is 19.4 Å². The smallest absolute Gasteiger partial charge is 0.220 e. The predicted octanol–water partition coefficient (Wildman–Crippen LogP) is 2.04. The number of benzene rings is 1. The number of carbonyl (C=O) groups is 1. The van der Waals surface area contributed by atoms with E-state index in [0.29, 0.717) is 32.6 Å². The fourth-order valence-corrected chi connectivity index (χ4v) is 3.27. The van der Waals surface area contributed by atoms with Crippen LogP contribution in [-0.4, -0.2) is 47.2 Å². The van der Waals surface area contributed by atoms with Crippen LogP contribution < -0.4 is 10.2 Å². The number of rotatable bonds is 6. The van der Waals surface area contributed by atoms with Crippen LogP contribution in [0.25, 0.3) is 11.0 Å². The molecular weight excluding hydrogens is 342 g/mol. The summed E-state index contributed by atoms with van der Waals surface area (Å²) in [5, 5.41) is 3.00. The predicted molar refractivity (Wildman–Crippen MR) is 104 cm³/mol. The number of nitrogens with zero attached hydrogens (tertiary/aromatic N) is 3. The number of hydrogen-bond acceptors (Lipinski definition) is 5. The fourth-order valence-electron chi connectivity index (χ4n) is 3.27. The molecule has 7 heteroatoms. The highest BCUT2D eigenvalue weighted by molar-refractivity contribution is 5.77. The Kier molecular flexibility index (Phi) is 5.29. The van der Waals surface area contributed by atoms with Crippen molar-refractivity contribution in [3.05, 3.63) is 54.0 Å². The molecule has 0 bridgehead atoms. The van der Waals surface area contributed by atoms with E-state index in [0.717, 1.165) is 41.3 Å². The number of anilines is 1.